The van der Waals surface area contributed by atoms with Crippen LogP contribution in [0, 0.1) is 0 Å². The molecule has 0 aliphatic heterocycles. The Balaban J connectivity index is 2.76. The maximum Gasteiger partial charge on any atom is 0.149 e. The Morgan fingerprint density at radius 2 is 2.25 bits per heavy atom. The summed E-state index contributed by atoms with van der Waals surface area (Å²) >= 11 is 12.2. The van der Waals surface area contributed by atoms with Gasteiger partial charge in [0.25, 0.3) is 0 Å². The molecule has 1 aromatic rings. The van der Waals surface area contributed by atoms with Crippen molar-refractivity contribution in [2.75, 3.05) is 25.5 Å². The number of hydrogen-bond donors (Lipinski definition) is 3. The van der Waals surface area contributed by atoms with Gasteiger partial charge in [-0.05, 0) is 32.0 Å². The topological polar surface area (TPSA) is 85.1 Å². The lowest BCUT2D eigenvalue weighted by molar-refractivity contribution is 0.292. The highest BCUT2D eigenvalue weighted by Crippen LogP contribution is 2.18. The molecule has 4 N–H and O–H groups in total. The number of anilines is 1. The Kier molecular flexibility index (Phi) is 9.22. The highest BCUT2D eigenvalue weighted by Gasteiger charge is 2.06. The Hall–Kier alpha value is -1.76. The fourth-order valence-corrected chi connectivity index (χ4v) is 1.97. The molecule has 0 saturated carbocycles. The predicted octanol–water partition coefficient (Wildman–Crippen LogP) is 3.17. The standard InChI is InChI=1S/C16H23Cl2N5O/c1-4-12(8-13(17)11(2)24-3)21-10-15-22-9-14(18)16(23-15)20-7-5-6-19/h4,8-9,21H,1,5-7,10,19H2,2-3H3,(H,20,22,23)/b12-8+,13-11-. The summed E-state index contributed by atoms with van der Waals surface area (Å²) in [6.07, 6.45) is 5.78. The molecule has 132 valence electrons. The number of nitrogens with two attached hydrogens (primary N) is 1. The zero-order valence-electron chi connectivity index (χ0n) is 13.9. The number of ether oxygens (including phenoxy) is 1. The summed E-state index contributed by atoms with van der Waals surface area (Å²) in [6.45, 7) is 7.24. The SMILES string of the molecule is C=C/C(=C\C(Cl)=C(/C)OC)NCc1ncc(Cl)c(NCCCN)n1. The van der Waals surface area contributed by atoms with Crippen molar-refractivity contribution in [2.45, 2.75) is 19.9 Å². The van der Waals surface area contributed by atoms with Gasteiger partial charge in [-0.1, -0.05) is 29.8 Å². The summed E-state index contributed by atoms with van der Waals surface area (Å²) in [4.78, 5) is 8.59. The van der Waals surface area contributed by atoms with Crippen LogP contribution in [0.15, 0.2) is 41.4 Å². The summed E-state index contributed by atoms with van der Waals surface area (Å²) in [5.41, 5.74) is 6.20. The van der Waals surface area contributed by atoms with Crippen LogP contribution >= 0.6 is 23.2 Å². The number of aromatic nitrogens is 2. The molecule has 0 aliphatic rings. The molecule has 1 heterocycles. The quantitative estimate of drug-likeness (QED) is 0.332. The van der Waals surface area contributed by atoms with E-state index in [-0.39, 0.29) is 0 Å². The first-order valence-corrected chi connectivity index (χ1v) is 8.21. The number of nitrogens with zero attached hydrogens (tertiary/aromatic N) is 2. The Morgan fingerprint density at radius 3 is 2.88 bits per heavy atom. The van der Waals surface area contributed by atoms with E-state index >= 15 is 0 Å². The van der Waals surface area contributed by atoms with Crippen LogP contribution in [0.2, 0.25) is 5.02 Å². The van der Waals surface area contributed by atoms with Gasteiger partial charge < -0.3 is 21.1 Å². The predicted molar refractivity (Wildman–Crippen MR) is 99.9 cm³/mol. The third-order valence-electron chi connectivity index (χ3n) is 3.06. The minimum Gasteiger partial charge on any atom is -0.500 e. The number of hydrogen-bond acceptors (Lipinski definition) is 6. The molecular weight excluding hydrogens is 349 g/mol. The lowest BCUT2D eigenvalue weighted by Crippen LogP contribution is -2.15. The average Bonchev–Trinajstić information content (AvgIpc) is 2.59. The average molecular weight is 372 g/mol. The van der Waals surface area contributed by atoms with Gasteiger partial charge in [0.2, 0.25) is 0 Å². The van der Waals surface area contributed by atoms with Crippen molar-refractivity contribution in [2.24, 2.45) is 5.73 Å². The van der Waals surface area contributed by atoms with Gasteiger partial charge >= 0.3 is 0 Å². The number of nitrogens with one attached hydrogen (secondary N) is 2. The monoisotopic (exact) mass is 371 g/mol. The minimum absolute atomic E-state index is 0.400. The van der Waals surface area contributed by atoms with Crippen molar-refractivity contribution in [3.63, 3.8) is 0 Å². The van der Waals surface area contributed by atoms with Crippen LogP contribution in [0.1, 0.15) is 19.2 Å². The van der Waals surface area contributed by atoms with E-state index in [2.05, 4.69) is 27.2 Å². The van der Waals surface area contributed by atoms with Crippen molar-refractivity contribution in [3.8, 4) is 0 Å². The Morgan fingerprint density at radius 1 is 1.50 bits per heavy atom. The van der Waals surface area contributed by atoms with Crippen LogP contribution in [0.4, 0.5) is 5.82 Å². The molecule has 0 atom stereocenters. The van der Waals surface area contributed by atoms with Gasteiger partial charge in [-0.2, -0.15) is 0 Å². The first-order valence-electron chi connectivity index (χ1n) is 7.45. The Bertz CT molecular complexity index is 616. The van der Waals surface area contributed by atoms with Crippen LogP contribution < -0.4 is 16.4 Å². The highest BCUT2D eigenvalue weighted by atomic mass is 35.5. The molecule has 6 nitrogen and oxygen atoms in total. The van der Waals surface area contributed by atoms with Crippen LogP contribution in [0.25, 0.3) is 0 Å². The smallest absolute Gasteiger partial charge is 0.149 e. The summed E-state index contributed by atoms with van der Waals surface area (Å²) in [6, 6.07) is 0. The molecule has 0 saturated heterocycles. The van der Waals surface area contributed by atoms with Crippen molar-refractivity contribution in [1.29, 1.82) is 0 Å². The van der Waals surface area contributed by atoms with Crippen LogP contribution in [-0.4, -0.2) is 30.2 Å². The third-order valence-corrected chi connectivity index (χ3v) is 3.71. The zero-order chi connectivity index (χ0) is 17.9. The van der Waals surface area contributed by atoms with E-state index in [0.717, 1.165) is 12.1 Å². The summed E-state index contributed by atoms with van der Waals surface area (Å²) in [5.74, 6) is 1.80. The van der Waals surface area contributed by atoms with Crippen molar-refractivity contribution in [3.05, 3.63) is 52.3 Å². The summed E-state index contributed by atoms with van der Waals surface area (Å²) in [7, 11) is 1.56. The number of allylic oxidation sites excluding steroid dienone is 4. The normalized spacial score (nSPS) is 12.5. The summed E-state index contributed by atoms with van der Waals surface area (Å²) in [5, 5.41) is 7.26. The van der Waals surface area contributed by atoms with Gasteiger partial charge in [0.05, 0.1) is 24.9 Å². The molecule has 0 bridgehead atoms. The highest BCUT2D eigenvalue weighted by molar-refractivity contribution is 6.32. The molecule has 0 amide bonds. The van der Waals surface area contributed by atoms with Gasteiger partial charge in [-0.15, -0.1) is 0 Å². The van der Waals surface area contributed by atoms with E-state index in [0.29, 0.717) is 47.1 Å². The van der Waals surface area contributed by atoms with E-state index in [9.17, 15) is 0 Å². The lowest BCUT2D eigenvalue weighted by atomic mass is 10.3. The fraction of sp³-hybridized carbons (Fsp3) is 0.375. The molecule has 0 unspecified atom stereocenters. The molecule has 0 radical (unpaired) electrons. The van der Waals surface area contributed by atoms with E-state index < -0.39 is 0 Å². The second kappa shape index (κ2) is 10.9. The fourth-order valence-electron chi connectivity index (χ4n) is 1.62. The molecule has 0 aromatic carbocycles. The molecule has 0 aliphatic carbocycles. The summed E-state index contributed by atoms with van der Waals surface area (Å²) < 4.78 is 5.08. The van der Waals surface area contributed by atoms with E-state index in [1.54, 1.807) is 32.4 Å². The van der Waals surface area contributed by atoms with Gasteiger partial charge in [-0.3, -0.25) is 0 Å². The molecule has 0 spiro atoms. The molecule has 1 aromatic heterocycles. The zero-order valence-corrected chi connectivity index (χ0v) is 15.4. The van der Waals surface area contributed by atoms with E-state index in [1.165, 1.54) is 0 Å². The van der Waals surface area contributed by atoms with Gasteiger partial charge in [0.1, 0.15) is 22.4 Å². The molecule has 0 fully saturated rings. The van der Waals surface area contributed by atoms with Gasteiger partial charge in [-0.25, -0.2) is 9.97 Å². The van der Waals surface area contributed by atoms with E-state index in [1.807, 2.05) is 0 Å². The second-order valence-electron chi connectivity index (χ2n) is 4.82. The number of halogens is 2. The van der Waals surface area contributed by atoms with Crippen LogP contribution in [0.5, 0.6) is 0 Å². The first kappa shape index (κ1) is 20.3. The maximum absolute atomic E-state index is 6.13. The lowest BCUT2D eigenvalue weighted by Gasteiger charge is -2.10. The molecule has 1 rings (SSSR count). The first-order chi connectivity index (χ1) is 11.5. The van der Waals surface area contributed by atoms with Crippen molar-refractivity contribution >= 4 is 29.0 Å². The molecular formula is C16H23Cl2N5O. The van der Waals surface area contributed by atoms with Crippen LogP contribution in [0.3, 0.4) is 0 Å². The van der Waals surface area contributed by atoms with Crippen LogP contribution in [-0.2, 0) is 11.3 Å². The largest absolute Gasteiger partial charge is 0.500 e. The molecule has 8 heteroatoms. The van der Waals surface area contributed by atoms with Gasteiger partial charge in [0.15, 0.2) is 0 Å². The van der Waals surface area contributed by atoms with Crippen molar-refractivity contribution < 1.29 is 4.74 Å². The third kappa shape index (κ3) is 6.78. The van der Waals surface area contributed by atoms with E-state index in [4.69, 9.17) is 33.7 Å². The maximum atomic E-state index is 6.13. The second-order valence-corrected chi connectivity index (χ2v) is 5.63. The Labute approximate surface area is 152 Å². The number of methoxy groups -OCH3 is 1. The minimum atomic E-state index is 0.400. The van der Waals surface area contributed by atoms with Gasteiger partial charge in [0, 0.05) is 12.2 Å². The molecule has 24 heavy (non-hydrogen) atoms. The van der Waals surface area contributed by atoms with Crippen molar-refractivity contribution in [1.82, 2.24) is 15.3 Å². The number of rotatable bonds is 10.